The summed E-state index contributed by atoms with van der Waals surface area (Å²) in [6.07, 6.45) is 2.34. The number of H-pyrrole nitrogens is 1. The van der Waals surface area contributed by atoms with Gasteiger partial charge >= 0.3 is 0 Å². The van der Waals surface area contributed by atoms with Crippen LogP contribution < -0.4 is 10.5 Å². The van der Waals surface area contributed by atoms with Gasteiger partial charge in [0.1, 0.15) is 6.07 Å². The van der Waals surface area contributed by atoms with Gasteiger partial charge < -0.3 is 10.7 Å². The van der Waals surface area contributed by atoms with Crippen molar-refractivity contribution in [2.75, 3.05) is 4.72 Å². The smallest absolute Gasteiger partial charge is 0.261 e. The molecule has 3 rings (SSSR count). The van der Waals surface area contributed by atoms with Gasteiger partial charge in [0.25, 0.3) is 10.0 Å². The number of rotatable bonds is 5. The first-order valence-electron chi connectivity index (χ1n) is 8.28. The zero-order valence-corrected chi connectivity index (χ0v) is 16.6. The molecule has 0 fully saturated rings. The van der Waals surface area contributed by atoms with Crippen molar-refractivity contribution in [2.45, 2.75) is 31.2 Å². The van der Waals surface area contributed by atoms with Crippen molar-refractivity contribution >= 4 is 39.0 Å². The third-order valence-corrected chi connectivity index (χ3v) is 5.77. The molecule has 27 heavy (non-hydrogen) atoms. The van der Waals surface area contributed by atoms with Crippen LogP contribution in [0.5, 0.6) is 0 Å². The molecule has 0 saturated heterocycles. The second-order valence-corrected chi connectivity index (χ2v) is 7.84. The second kappa shape index (κ2) is 8.01. The van der Waals surface area contributed by atoms with E-state index in [-0.39, 0.29) is 23.3 Å². The average molecular weight is 405 g/mol. The molecule has 3 aromatic rings. The molecule has 4 N–H and O–H groups in total. The summed E-state index contributed by atoms with van der Waals surface area (Å²) in [6, 6.07) is 12.0. The summed E-state index contributed by atoms with van der Waals surface area (Å²) in [7, 11) is -3.76. The van der Waals surface area contributed by atoms with Gasteiger partial charge in [-0.05, 0) is 42.7 Å². The molecule has 0 amide bonds. The van der Waals surface area contributed by atoms with E-state index in [1.807, 2.05) is 19.9 Å². The standard InChI is InChI=1S/C19H20N4O2S.ClH/c1-3-13-6-9-17(19-18(13)15(10-20)11-22-19)23-26(24,25)16-7-4-14(5-8-16)12(2)21;/h4-9,11-12,22-23H,3,21H2,1-2H3;1H/t12-;/m1./s1. The highest BCUT2D eigenvalue weighted by Crippen LogP contribution is 2.30. The SMILES string of the molecule is CCc1ccc(NS(=O)(=O)c2ccc([C@@H](C)N)cc2)c2[nH]cc(C#N)c12.Cl. The number of aromatic amines is 1. The zero-order valence-electron chi connectivity index (χ0n) is 15.0. The highest BCUT2D eigenvalue weighted by Gasteiger charge is 2.18. The molecule has 6 nitrogen and oxygen atoms in total. The predicted molar refractivity (Wildman–Crippen MR) is 109 cm³/mol. The Labute approximate surface area is 164 Å². The van der Waals surface area contributed by atoms with Crippen LogP contribution in [0.2, 0.25) is 0 Å². The topological polar surface area (TPSA) is 112 Å². The summed E-state index contributed by atoms with van der Waals surface area (Å²) in [6.45, 7) is 3.83. The van der Waals surface area contributed by atoms with Crippen LogP contribution in [0.25, 0.3) is 10.9 Å². The fourth-order valence-corrected chi connectivity index (χ4v) is 4.01. The minimum atomic E-state index is -3.76. The first-order valence-corrected chi connectivity index (χ1v) is 9.77. The molecule has 0 unspecified atom stereocenters. The molecule has 1 atom stereocenters. The van der Waals surface area contributed by atoms with Crippen LogP contribution in [0, 0.1) is 11.3 Å². The van der Waals surface area contributed by atoms with Gasteiger partial charge in [-0.3, -0.25) is 4.72 Å². The first-order chi connectivity index (χ1) is 12.4. The van der Waals surface area contributed by atoms with Crippen LogP contribution in [-0.4, -0.2) is 13.4 Å². The maximum atomic E-state index is 12.7. The number of nitrogens with two attached hydrogens (primary N) is 1. The van der Waals surface area contributed by atoms with Crippen molar-refractivity contribution in [3.63, 3.8) is 0 Å². The van der Waals surface area contributed by atoms with Crippen molar-refractivity contribution in [1.82, 2.24) is 4.98 Å². The molecule has 8 heteroatoms. The predicted octanol–water partition coefficient (Wildman–Crippen LogP) is 3.84. The molecule has 0 aliphatic heterocycles. The van der Waals surface area contributed by atoms with Crippen LogP contribution >= 0.6 is 12.4 Å². The maximum Gasteiger partial charge on any atom is 0.261 e. The van der Waals surface area contributed by atoms with Crippen LogP contribution in [-0.2, 0) is 16.4 Å². The van der Waals surface area contributed by atoms with Crippen molar-refractivity contribution in [2.24, 2.45) is 5.73 Å². The van der Waals surface area contributed by atoms with Gasteiger partial charge in [-0.25, -0.2) is 8.42 Å². The number of nitriles is 1. The molecule has 0 aliphatic carbocycles. The van der Waals surface area contributed by atoms with E-state index in [1.54, 1.807) is 24.4 Å². The van der Waals surface area contributed by atoms with Crippen LogP contribution in [0.15, 0.2) is 47.5 Å². The number of hydrogen-bond acceptors (Lipinski definition) is 4. The normalized spacial score (nSPS) is 12.2. The minimum absolute atomic E-state index is 0. The Bertz CT molecular complexity index is 1100. The van der Waals surface area contributed by atoms with Gasteiger partial charge in [-0.2, -0.15) is 5.26 Å². The highest BCUT2D eigenvalue weighted by molar-refractivity contribution is 7.92. The van der Waals surface area contributed by atoms with Crippen LogP contribution in [0.1, 0.15) is 36.6 Å². The number of aryl methyl sites for hydroxylation is 1. The summed E-state index contributed by atoms with van der Waals surface area (Å²) in [4.78, 5) is 3.17. The summed E-state index contributed by atoms with van der Waals surface area (Å²) < 4.78 is 28.1. The Morgan fingerprint density at radius 2 is 1.89 bits per heavy atom. The Morgan fingerprint density at radius 3 is 2.44 bits per heavy atom. The molecular weight excluding hydrogens is 384 g/mol. The summed E-state index contributed by atoms with van der Waals surface area (Å²) >= 11 is 0. The van der Waals surface area contributed by atoms with Gasteiger partial charge in [-0.15, -0.1) is 12.4 Å². The molecule has 0 spiro atoms. The lowest BCUT2D eigenvalue weighted by atomic mass is 10.0. The van der Waals surface area contributed by atoms with Gasteiger partial charge in [-0.1, -0.05) is 25.1 Å². The number of nitrogens with one attached hydrogen (secondary N) is 2. The van der Waals surface area contributed by atoms with E-state index in [9.17, 15) is 13.7 Å². The van der Waals surface area contributed by atoms with Crippen molar-refractivity contribution < 1.29 is 8.42 Å². The lowest BCUT2D eigenvalue weighted by Crippen LogP contribution is -2.14. The Hall–Kier alpha value is -2.53. The van der Waals surface area contributed by atoms with Gasteiger partial charge in [0.05, 0.1) is 21.7 Å². The fourth-order valence-electron chi connectivity index (χ4n) is 2.94. The van der Waals surface area contributed by atoms with Crippen LogP contribution in [0.4, 0.5) is 5.69 Å². The summed E-state index contributed by atoms with van der Waals surface area (Å²) in [5.41, 5.74) is 9.18. The lowest BCUT2D eigenvalue weighted by molar-refractivity contribution is 0.601. The van der Waals surface area contributed by atoms with Crippen molar-refractivity contribution in [3.05, 3.63) is 59.3 Å². The number of nitrogens with zero attached hydrogens (tertiary/aromatic N) is 1. The molecule has 2 aromatic carbocycles. The van der Waals surface area contributed by atoms with E-state index in [0.29, 0.717) is 16.8 Å². The number of hydrogen-bond donors (Lipinski definition) is 3. The second-order valence-electron chi connectivity index (χ2n) is 6.15. The molecule has 0 saturated carbocycles. The molecule has 0 aliphatic rings. The average Bonchev–Trinajstić information content (AvgIpc) is 3.06. The minimum Gasteiger partial charge on any atom is -0.358 e. The third-order valence-electron chi connectivity index (χ3n) is 4.38. The summed E-state index contributed by atoms with van der Waals surface area (Å²) in [5.74, 6) is 0. The van der Waals surface area contributed by atoms with Crippen LogP contribution in [0.3, 0.4) is 0 Å². The molecule has 0 radical (unpaired) electrons. The number of anilines is 1. The highest BCUT2D eigenvalue weighted by atomic mass is 35.5. The molecule has 0 bridgehead atoms. The van der Waals surface area contributed by atoms with E-state index in [2.05, 4.69) is 15.8 Å². The van der Waals surface area contributed by atoms with E-state index in [4.69, 9.17) is 5.73 Å². The van der Waals surface area contributed by atoms with Crippen molar-refractivity contribution in [3.8, 4) is 6.07 Å². The number of halogens is 1. The van der Waals surface area contributed by atoms with Gasteiger partial charge in [0.2, 0.25) is 0 Å². The first kappa shape index (κ1) is 20.8. The molecule has 1 aromatic heterocycles. The number of sulfonamides is 1. The Morgan fingerprint density at radius 1 is 1.22 bits per heavy atom. The molecular formula is C19H21ClN4O2S. The van der Waals surface area contributed by atoms with Gasteiger partial charge in [0.15, 0.2) is 0 Å². The lowest BCUT2D eigenvalue weighted by Gasteiger charge is -2.12. The maximum absolute atomic E-state index is 12.7. The number of fused-ring (bicyclic) bond motifs is 1. The third kappa shape index (κ3) is 3.93. The fraction of sp³-hybridized carbons (Fsp3) is 0.211. The van der Waals surface area contributed by atoms with E-state index < -0.39 is 10.0 Å². The number of aromatic nitrogens is 1. The van der Waals surface area contributed by atoms with E-state index >= 15 is 0 Å². The Balaban J connectivity index is 0.00000261. The Kier molecular flexibility index (Phi) is 6.16. The van der Waals surface area contributed by atoms with E-state index in [1.165, 1.54) is 12.1 Å². The van der Waals surface area contributed by atoms with Crippen molar-refractivity contribution in [1.29, 1.82) is 5.26 Å². The quantitative estimate of drug-likeness (QED) is 0.599. The van der Waals surface area contributed by atoms with E-state index in [0.717, 1.165) is 22.9 Å². The largest absolute Gasteiger partial charge is 0.358 e. The monoisotopic (exact) mass is 404 g/mol. The number of benzene rings is 2. The zero-order chi connectivity index (χ0) is 18.9. The summed E-state index contributed by atoms with van der Waals surface area (Å²) in [5, 5.41) is 10.1. The molecule has 142 valence electrons. The molecule has 1 heterocycles. The van der Waals surface area contributed by atoms with Gasteiger partial charge in [0, 0.05) is 17.6 Å².